The number of sulfonamides is 1. The molecule has 1 atom stereocenters. The molecule has 128 valence electrons. The first-order valence-corrected chi connectivity index (χ1v) is 10.8. The third kappa shape index (κ3) is 3.50. The van der Waals surface area contributed by atoms with E-state index in [1.165, 1.54) is 0 Å². The van der Waals surface area contributed by atoms with Gasteiger partial charge in [0.1, 0.15) is 0 Å². The van der Waals surface area contributed by atoms with E-state index in [1.807, 2.05) is 43.6 Å². The van der Waals surface area contributed by atoms with E-state index < -0.39 is 10.0 Å². The quantitative estimate of drug-likeness (QED) is 0.771. The number of hydrogen-bond donors (Lipinski definition) is 0. The molecule has 1 aromatic heterocycles. The summed E-state index contributed by atoms with van der Waals surface area (Å²) in [6, 6.07) is 10.9. The van der Waals surface area contributed by atoms with Crippen molar-refractivity contribution in [1.82, 2.24) is 9.29 Å². The lowest BCUT2D eigenvalue weighted by Crippen LogP contribution is -2.38. The minimum atomic E-state index is -3.49. The first-order chi connectivity index (χ1) is 11.5. The van der Waals surface area contributed by atoms with E-state index in [9.17, 15) is 8.42 Å². The van der Waals surface area contributed by atoms with Gasteiger partial charge in [-0.05, 0) is 49.8 Å². The molecule has 1 aliphatic heterocycles. The van der Waals surface area contributed by atoms with Crippen molar-refractivity contribution in [2.45, 2.75) is 42.1 Å². The Hall–Kier alpha value is -1.37. The van der Waals surface area contributed by atoms with Crippen LogP contribution in [0.5, 0.6) is 0 Å². The van der Waals surface area contributed by atoms with E-state index in [2.05, 4.69) is 4.98 Å². The van der Waals surface area contributed by atoms with Crippen LogP contribution in [0.25, 0.3) is 0 Å². The molecule has 2 aromatic rings. The molecule has 1 saturated heterocycles. The van der Waals surface area contributed by atoms with Crippen LogP contribution in [0.15, 0.2) is 52.5 Å². The molecule has 1 aromatic carbocycles. The molecule has 0 bridgehead atoms. The summed E-state index contributed by atoms with van der Waals surface area (Å²) in [6.07, 6.45) is 6.58. The fraction of sp³-hybridized carbons (Fsp3) is 0.389. The number of benzene rings is 1. The number of pyridine rings is 1. The Labute approximate surface area is 148 Å². The van der Waals surface area contributed by atoms with Gasteiger partial charge in [0, 0.05) is 12.7 Å². The summed E-state index contributed by atoms with van der Waals surface area (Å²) in [5.41, 5.74) is 2.03. The fourth-order valence-corrected chi connectivity index (χ4v) is 5.13. The lowest BCUT2D eigenvalue weighted by atomic mass is 9.99. The molecular weight excluding hydrogens is 340 g/mol. The molecular formula is C18H22N2O2S2. The Bertz CT molecular complexity index is 787. The predicted octanol–water partition coefficient (Wildman–Crippen LogP) is 4.03. The van der Waals surface area contributed by atoms with Crippen LogP contribution in [-0.4, -0.2) is 30.5 Å². The zero-order valence-corrected chi connectivity index (χ0v) is 15.6. The molecule has 0 radical (unpaired) electrons. The van der Waals surface area contributed by atoms with E-state index in [-0.39, 0.29) is 6.04 Å². The van der Waals surface area contributed by atoms with Gasteiger partial charge in [-0.1, -0.05) is 30.2 Å². The number of aromatic nitrogens is 1. The van der Waals surface area contributed by atoms with Crippen molar-refractivity contribution in [2.24, 2.45) is 0 Å². The van der Waals surface area contributed by atoms with Crippen LogP contribution in [0.2, 0.25) is 0 Å². The van der Waals surface area contributed by atoms with Crippen molar-refractivity contribution in [3.8, 4) is 0 Å². The van der Waals surface area contributed by atoms with Crippen molar-refractivity contribution >= 4 is 21.8 Å². The molecule has 3 rings (SSSR count). The third-order valence-corrected chi connectivity index (χ3v) is 7.02. The van der Waals surface area contributed by atoms with Gasteiger partial charge in [0.15, 0.2) is 0 Å². The lowest BCUT2D eigenvalue weighted by Gasteiger charge is -2.34. The van der Waals surface area contributed by atoms with Crippen LogP contribution in [-0.2, 0) is 10.0 Å². The number of aryl methyl sites for hydroxylation is 1. The molecule has 0 N–H and O–H groups in total. The number of piperidine rings is 1. The smallest absolute Gasteiger partial charge is 0.243 e. The van der Waals surface area contributed by atoms with Gasteiger partial charge in [0.05, 0.1) is 16.0 Å². The maximum Gasteiger partial charge on any atom is 0.243 e. The zero-order valence-electron chi connectivity index (χ0n) is 14.0. The Morgan fingerprint density at radius 2 is 1.88 bits per heavy atom. The van der Waals surface area contributed by atoms with E-state index >= 15 is 0 Å². The Morgan fingerprint density at radius 1 is 1.12 bits per heavy atom. The highest BCUT2D eigenvalue weighted by molar-refractivity contribution is 7.98. The van der Waals surface area contributed by atoms with Crippen molar-refractivity contribution in [2.75, 3.05) is 12.8 Å². The topological polar surface area (TPSA) is 50.3 Å². The highest BCUT2D eigenvalue weighted by atomic mass is 32.2. The summed E-state index contributed by atoms with van der Waals surface area (Å²) in [6.45, 7) is 2.52. The van der Waals surface area contributed by atoms with Crippen LogP contribution in [0.1, 0.15) is 36.4 Å². The van der Waals surface area contributed by atoms with Gasteiger partial charge in [0.25, 0.3) is 0 Å². The van der Waals surface area contributed by atoms with Gasteiger partial charge in [-0.3, -0.25) is 0 Å². The highest BCUT2D eigenvalue weighted by Crippen LogP contribution is 2.35. The van der Waals surface area contributed by atoms with E-state index in [0.717, 1.165) is 35.4 Å². The largest absolute Gasteiger partial charge is 0.250 e. The molecule has 4 nitrogen and oxygen atoms in total. The Morgan fingerprint density at radius 3 is 2.50 bits per heavy atom. The fourth-order valence-electron chi connectivity index (χ4n) is 3.08. The summed E-state index contributed by atoms with van der Waals surface area (Å²) < 4.78 is 27.9. The van der Waals surface area contributed by atoms with Crippen LogP contribution in [0.3, 0.4) is 0 Å². The van der Waals surface area contributed by atoms with Gasteiger partial charge < -0.3 is 0 Å². The minimum absolute atomic E-state index is 0.131. The molecule has 0 saturated carbocycles. The molecule has 1 aliphatic rings. The average molecular weight is 363 g/mol. The van der Waals surface area contributed by atoms with Crippen LogP contribution in [0, 0.1) is 6.92 Å². The number of nitrogens with zero attached hydrogens (tertiary/aromatic N) is 2. The van der Waals surface area contributed by atoms with Gasteiger partial charge in [0.2, 0.25) is 10.0 Å². The van der Waals surface area contributed by atoms with Gasteiger partial charge in [-0.2, -0.15) is 4.31 Å². The summed E-state index contributed by atoms with van der Waals surface area (Å²) in [5, 5.41) is 0.947. The minimum Gasteiger partial charge on any atom is -0.250 e. The first kappa shape index (κ1) is 17.5. The van der Waals surface area contributed by atoms with E-state index in [1.54, 1.807) is 28.2 Å². The normalized spacial score (nSPS) is 19.3. The van der Waals surface area contributed by atoms with Gasteiger partial charge >= 0.3 is 0 Å². The predicted molar refractivity (Wildman–Crippen MR) is 97.7 cm³/mol. The van der Waals surface area contributed by atoms with Crippen LogP contribution >= 0.6 is 11.8 Å². The van der Waals surface area contributed by atoms with Crippen molar-refractivity contribution in [1.29, 1.82) is 0 Å². The first-order valence-electron chi connectivity index (χ1n) is 8.11. The zero-order chi connectivity index (χ0) is 17.2. The lowest BCUT2D eigenvalue weighted by molar-refractivity contribution is 0.255. The van der Waals surface area contributed by atoms with Gasteiger partial charge in [-0.25, -0.2) is 13.4 Å². The molecule has 0 amide bonds. The molecule has 2 heterocycles. The highest BCUT2D eigenvalue weighted by Gasteiger charge is 2.34. The molecule has 1 fully saturated rings. The van der Waals surface area contributed by atoms with Crippen molar-refractivity contribution in [3.05, 3.63) is 53.7 Å². The van der Waals surface area contributed by atoms with Crippen LogP contribution in [0.4, 0.5) is 0 Å². The van der Waals surface area contributed by atoms with Crippen LogP contribution < -0.4 is 0 Å². The van der Waals surface area contributed by atoms with Gasteiger partial charge in [-0.15, -0.1) is 11.8 Å². The Kier molecular flexibility index (Phi) is 5.27. The standard InChI is InChI=1S/C18H22N2O2S2/c1-14-6-9-16(10-7-14)24(21,22)20-12-4-3-5-17(20)15-8-11-18(23-2)19-13-15/h6-11,13,17H,3-5,12H2,1-2H3/t17-/m0/s1. The second-order valence-corrected chi connectivity index (χ2v) is 8.79. The second kappa shape index (κ2) is 7.25. The summed E-state index contributed by atoms with van der Waals surface area (Å²) in [7, 11) is -3.49. The van der Waals surface area contributed by atoms with E-state index in [0.29, 0.717) is 11.4 Å². The van der Waals surface area contributed by atoms with E-state index in [4.69, 9.17) is 0 Å². The molecule has 6 heteroatoms. The molecule has 0 unspecified atom stereocenters. The maximum absolute atomic E-state index is 13.1. The number of thioether (sulfide) groups is 1. The Balaban J connectivity index is 1.95. The number of rotatable bonds is 4. The summed E-state index contributed by atoms with van der Waals surface area (Å²) in [5.74, 6) is 0. The van der Waals surface area contributed by atoms with Crippen molar-refractivity contribution in [3.63, 3.8) is 0 Å². The summed E-state index contributed by atoms with van der Waals surface area (Å²) in [4.78, 5) is 4.78. The second-order valence-electron chi connectivity index (χ2n) is 6.07. The maximum atomic E-state index is 13.1. The molecule has 24 heavy (non-hydrogen) atoms. The molecule has 0 spiro atoms. The SMILES string of the molecule is CSc1ccc([C@@H]2CCCCN2S(=O)(=O)c2ccc(C)cc2)cn1. The van der Waals surface area contributed by atoms with Crippen molar-refractivity contribution < 1.29 is 8.42 Å². The summed E-state index contributed by atoms with van der Waals surface area (Å²) >= 11 is 1.59. The number of hydrogen-bond acceptors (Lipinski definition) is 4. The third-order valence-electron chi connectivity index (χ3n) is 4.43. The monoisotopic (exact) mass is 362 g/mol. The average Bonchev–Trinajstić information content (AvgIpc) is 2.62. The molecule has 0 aliphatic carbocycles.